The third-order valence-corrected chi connectivity index (χ3v) is 9.49. The molecule has 5 aliphatic carbocycles. The van der Waals surface area contributed by atoms with Gasteiger partial charge in [-0.15, -0.1) is 0 Å². The van der Waals surface area contributed by atoms with E-state index < -0.39 is 5.60 Å². The molecule has 0 aromatic rings. The smallest absolute Gasteiger partial charge is 0.161 e. The predicted molar refractivity (Wildman–Crippen MR) is 114 cm³/mol. The fourth-order valence-electron chi connectivity index (χ4n) is 7.34. The molecule has 0 aromatic heterocycles. The number of fused-ring (bicyclic) bond motifs is 4. The molecule has 2 fully saturated rings. The van der Waals surface area contributed by atoms with E-state index in [0.717, 1.165) is 44.6 Å². The van der Waals surface area contributed by atoms with E-state index in [0.29, 0.717) is 18.3 Å². The van der Waals surface area contributed by atoms with Crippen LogP contribution in [0.1, 0.15) is 91.4 Å². The Bertz CT molecular complexity index is 775. The van der Waals surface area contributed by atoms with E-state index >= 15 is 0 Å². The van der Waals surface area contributed by atoms with Gasteiger partial charge in [-0.05, 0) is 101 Å². The van der Waals surface area contributed by atoms with Crippen molar-refractivity contribution in [3.05, 3.63) is 22.8 Å². The van der Waals surface area contributed by atoms with E-state index in [-0.39, 0.29) is 16.8 Å². The first-order valence-corrected chi connectivity index (χ1v) is 12.0. The van der Waals surface area contributed by atoms with Gasteiger partial charge >= 0.3 is 0 Å². The molecule has 3 heteroatoms. The minimum Gasteiger partial charge on any atom is -0.381 e. The molecule has 29 heavy (non-hydrogen) atoms. The molecule has 5 atom stereocenters. The van der Waals surface area contributed by atoms with Crippen LogP contribution >= 0.6 is 0 Å². The van der Waals surface area contributed by atoms with Crippen LogP contribution < -0.4 is 0 Å². The number of allylic oxidation sites excluding steroid dienone is 3. The fraction of sp³-hybridized carbons (Fsp3) is 0.808. The summed E-state index contributed by atoms with van der Waals surface area (Å²) in [5.41, 5.74) is 3.42. The number of hydrogen-bond acceptors (Lipinski definition) is 3. The molecule has 5 aliphatic rings. The van der Waals surface area contributed by atoms with Crippen molar-refractivity contribution >= 4 is 5.78 Å². The summed E-state index contributed by atoms with van der Waals surface area (Å²) in [5, 5.41) is 11.2. The van der Waals surface area contributed by atoms with E-state index in [4.69, 9.17) is 4.74 Å². The number of ketones is 1. The van der Waals surface area contributed by atoms with Gasteiger partial charge in [0.2, 0.25) is 0 Å². The van der Waals surface area contributed by atoms with E-state index in [2.05, 4.69) is 19.9 Å². The highest BCUT2D eigenvalue weighted by atomic mass is 16.5. The van der Waals surface area contributed by atoms with Crippen LogP contribution in [0.3, 0.4) is 0 Å². The number of hydrogen-bond donors (Lipinski definition) is 1. The lowest BCUT2D eigenvalue weighted by Crippen LogP contribution is -2.53. The molecule has 0 bridgehead atoms. The number of Topliss-reactive ketones (excluding diaryl/α,β-unsaturated/α-hetero) is 1. The molecule has 0 heterocycles. The average molecular weight is 399 g/mol. The first kappa shape index (κ1) is 20.0. The quantitative estimate of drug-likeness (QED) is 0.663. The number of ether oxygens (including phenoxy) is 1. The van der Waals surface area contributed by atoms with Crippen molar-refractivity contribution in [2.24, 2.45) is 23.2 Å². The van der Waals surface area contributed by atoms with Crippen LogP contribution in [0.2, 0.25) is 0 Å². The Hall–Kier alpha value is -0.930. The maximum atomic E-state index is 12.3. The topological polar surface area (TPSA) is 46.5 Å². The van der Waals surface area contributed by atoms with Crippen LogP contribution in [0, 0.1) is 23.2 Å². The second kappa shape index (κ2) is 6.79. The van der Waals surface area contributed by atoms with Gasteiger partial charge < -0.3 is 9.84 Å². The molecule has 5 rings (SSSR count). The van der Waals surface area contributed by atoms with Crippen LogP contribution in [-0.4, -0.2) is 28.7 Å². The third-order valence-electron chi connectivity index (χ3n) is 9.49. The zero-order valence-corrected chi connectivity index (χ0v) is 18.6. The third kappa shape index (κ3) is 3.10. The van der Waals surface area contributed by atoms with E-state index in [9.17, 15) is 9.90 Å². The van der Waals surface area contributed by atoms with E-state index in [1.165, 1.54) is 32.1 Å². The van der Waals surface area contributed by atoms with Gasteiger partial charge in [-0.1, -0.05) is 31.4 Å². The standard InChI is InChI=1S/C26H38O3/c1-17(27)26(28)14-10-23-22-7-6-19-16-24(2,29-15-11-18-4-5-18)12-8-20(19)21(22)9-13-25(23,26)3/h9,18,22-23,28H,4-8,10-16H2,1-3H3/t22?,23?,24?,25?,26-/m0/s1. The summed E-state index contributed by atoms with van der Waals surface area (Å²) in [7, 11) is 0. The summed E-state index contributed by atoms with van der Waals surface area (Å²) in [6, 6.07) is 0. The molecule has 4 unspecified atom stereocenters. The SMILES string of the molecule is CC(=O)[C@@]1(O)CCC2C3CCC4=C(CCC(C)(OCCC5CC5)C4)C3=CCC21C. The monoisotopic (exact) mass is 398 g/mol. The Morgan fingerprint density at radius 2 is 1.97 bits per heavy atom. The Balaban J connectivity index is 1.36. The number of rotatable bonds is 5. The number of carbonyl (C=O) groups is 1. The van der Waals surface area contributed by atoms with Crippen molar-refractivity contribution in [3.63, 3.8) is 0 Å². The number of carbonyl (C=O) groups excluding carboxylic acids is 1. The Morgan fingerprint density at radius 3 is 2.69 bits per heavy atom. The summed E-state index contributed by atoms with van der Waals surface area (Å²) in [6.45, 7) is 7.01. The first-order valence-electron chi connectivity index (χ1n) is 12.0. The van der Waals surface area contributed by atoms with Crippen LogP contribution in [0.5, 0.6) is 0 Å². The lowest BCUT2D eigenvalue weighted by Gasteiger charge is -2.50. The number of aliphatic hydroxyl groups is 1. The normalized spacial score (nSPS) is 44.1. The van der Waals surface area contributed by atoms with Crippen molar-refractivity contribution in [2.75, 3.05) is 6.61 Å². The van der Waals surface area contributed by atoms with Crippen LogP contribution in [0.15, 0.2) is 22.8 Å². The minimum atomic E-state index is -1.13. The molecule has 0 radical (unpaired) electrons. The van der Waals surface area contributed by atoms with Crippen molar-refractivity contribution in [2.45, 2.75) is 103 Å². The highest BCUT2D eigenvalue weighted by Crippen LogP contribution is 2.63. The summed E-state index contributed by atoms with van der Waals surface area (Å²) in [4.78, 5) is 12.3. The van der Waals surface area contributed by atoms with Gasteiger partial charge in [-0.25, -0.2) is 0 Å². The molecular weight excluding hydrogens is 360 g/mol. The van der Waals surface area contributed by atoms with Crippen molar-refractivity contribution in [1.82, 2.24) is 0 Å². The zero-order chi connectivity index (χ0) is 20.4. The van der Waals surface area contributed by atoms with Crippen LogP contribution in [-0.2, 0) is 9.53 Å². The molecule has 0 spiro atoms. The molecular formula is C26H38O3. The zero-order valence-electron chi connectivity index (χ0n) is 18.6. The van der Waals surface area contributed by atoms with Gasteiger partial charge in [0.25, 0.3) is 0 Å². The molecule has 1 N–H and O–H groups in total. The summed E-state index contributed by atoms with van der Waals surface area (Å²) in [6.07, 6.45) is 14.6. The Kier molecular flexibility index (Phi) is 4.68. The van der Waals surface area contributed by atoms with Crippen molar-refractivity contribution in [3.8, 4) is 0 Å². The maximum absolute atomic E-state index is 12.3. The van der Waals surface area contributed by atoms with Crippen molar-refractivity contribution in [1.29, 1.82) is 0 Å². The van der Waals surface area contributed by atoms with Gasteiger partial charge in [-0.3, -0.25) is 4.79 Å². The fourth-order valence-corrected chi connectivity index (χ4v) is 7.34. The van der Waals surface area contributed by atoms with Crippen molar-refractivity contribution < 1.29 is 14.6 Å². The predicted octanol–water partition coefficient (Wildman–Crippen LogP) is 5.52. The molecule has 0 saturated heterocycles. The highest BCUT2D eigenvalue weighted by molar-refractivity contribution is 5.86. The summed E-state index contributed by atoms with van der Waals surface area (Å²) in [5.74, 6) is 1.87. The molecule has 160 valence electrons. The second-order valence-corrected chi connectivity index (χ2v) is 11.3. The molecule has 0 aromatic carbocycles. The van der Waals surface area contributed by atoms with Crippen LogP contribution in [0.25, 0.3) is 0 Å². The lowest BCUT2D eigenvalue weighted by atomic mass is 9.55. The molecule has 0 aliphatic heterocycles. The van der Waals surface area contributed by atoms with Gasteiger partial charge in [-0.2, -0.15) is 0 Å². The minimum absolute atomic E-state index is 0.0204. The van der Waals surface area contributed by atoms with E-state index in [1.54, 1.807) is 23.6 Å². The summed E-state index contributed by atoms with van der Waals surface area (Å²) < 4.78 is 6.42. The second-order valence-electron chi connectivity index (χ2n) is 11.3. The van der Waals surface area contributed by atoms with Crippen LogP contribution in [0.4, 0.5) is 0 Å². The average Bonchev–Trinajstić information content (AvgIpc) is 3.45. The Labute approximate surface area is 176 Å². The first-order chi connectivity index (χ1) is 13.8. The van der Waals surface area contributed by atoms with E-state index in [1.807, 2.05) is 0 Å². The Morgan fingerprint density at radius 1 is 1.17 bits per heavy atom. The van der Waals surface area contributed by atoms with Gasteiger partial charge in [0, 0.05) is 12.0 Å². The lowest BCUT2D eigenvalue weighted by molar-refractivity contribution is -0.150. The molecule has 2 saturated carbocycles. The largest absolute Gasteiger partial charge is 0.381 e. The molecule has 0 amide bonds. The highest BCUT2D eigenvalue weighted by Gasteiger charge is 2.62. The maximum Gasteiger partial charge on any atom is 0.161 e. The summed E-state index contributed by atoms with van der Waals surface area (Å²) >= 11 is 0. The van der Waals surface area contributed by atoms with Gasteiger partial charge in [0.1, 0.15) is 5.60 Å². The van der Waals surface area contributed by atoms with Gasteiger partial charge in [0.05, 0.1) is 5.60 Å². The van der Waals surface area contributed by atoms with Gasteiger partial charge in [0.15, 0.2) is 5.78 Å². The molecule has 3 nitrogen and oxygen atoms in total.